The van der Waals surface area contributed by atoms with Crippen LogP contribution in [0.15, 0.2) is 10.6 Å². The Bertz CT molecular complexity index is 405. The van der Waals surface area contributed by atoms with Gasteiger partial charge in [0.25, 0.3) is 5.91 Å². The van der Waals surface area contributed by atoms with E-state index in [0.717, 1.165) is 19.3 Å². The molecule has 2 N–H and O–H groups in total. The Morgan fingerprint density at radius 3 is 3.22 bits per heavy atom. The van der Waals surface area contributed by atoms with Gasteiger partial charge in [-0.15, -0.1) is 0 Å². The molecule has 1 aliphatic rings. The molecule has 1 aromatic rings. The molecule has 6 heteroatoms. The van der Waals surface area contributed by atoms with Crippen molar-refractivity contribution < 1.29 is 19.2 Å². The molecule has 0 bridgehead atoms. The predicted molar refractivity (Wildman–Crippen MR) is 62.9 cm³/mol. The van der Waals surface area contributed by atoms with Gasteiger partial charge in [-0.3, -0.25) is 4.79 Å². The van der Waals surface area contributed by atoms with Gasteiger partial charge < -0.3 is 19.7 Å². The number of carbonyl (C=O) groups excluding carboxylic acids is 1. The number of aromatic nitrogens is 1. The van der Waals surface area contributed by atoms with E-state index < -0.39 is 0 Å². The average Bonchev–Trinajstić information content (AvgIpc) is 2.98. The van der Waals surface area contributed by atoms with Crippen molar-refractivity contribution in [2.75, 3.05) is 13.7 Å². The fraction of sp³-hybridized carbons (Fsp3) is 0.667. The summed E-state index contributed by atoms with van der Waals surface area (Å²) in [6, 6.07) is 1.60. The first-order chi connectivity index (χ1) is 8.74. The zero-order valence-electron chi connectivity index (χ0n) is 10.4. The number of amides is 1. The monoisotopic (exact) mass is 254 g/mol. The summed E-state index contributed by atoms with van der Waals surface area (Å²) < 4.78 is 9.85. The van der Waals surface area contributed by atoms with Gasteiger partial charge in [0.1, 0.15) is 6.61 Å². The van der Waals surface area contributed by atoms with Gasteiger partial charge in [0.15, 0.2) is 11.5 Å². The minimum atomic E-state index is -0.258. The molecule has 2 atom stereocenters. The molecule has 0 saturated heterocycles. The standard InChI is InChI=1S/C12H18N2O4/c1-17-7-9-5-11(14-18-9)12(16)13-10-4-2-3-8(10)6-15/h5,8,10,15H,2-4,6-7H2,1H3,(H,13,16). The zero-order valence-corrected chi connectivity index (χ0v) is 10.4. The highest BCUT2D eigenvalue weighted by Crippen LogP contribution is 2.25. The number of ether oxygens (including phenoxy) is 1. The molecular formula is C12H18N2O4. The Labute approximate surface area is 105 Å². The summed E-state index contributed by atoms with van der Waals surface area (Å²) in [4.78, 5) is 11.9. The minimum absolute atomic E-state index is 0.0325. The maximum absolute atomic E-state index is 11.9. The second kappa shape index (κ2) is 5.97. The van der Waals surface area contributed by atoms with Crippen molar-refractivity contribution in [3.8, 4) is 0 Å². The fourth-order valence-electron chi connectivity index (χ4n) is 2.32. The molecular weight excluding hydrogens is 236 g/mol. The molecule has 2 unspecified atom stereocenters. The van der Waals surface area contributed by atoms with Crippen molar-refractivity contribution in [2.24, 2.45) is 5.92 Å². The van der Waals surface area contributed by atoms with E-state index in [4.69, 9.17) is 9.26 Å². The van der Waals surface area contributed by atoms with Crippen LogP contribution in [0.1, 0.15) is 35.5 Å². The molecule has 0 radical (unpaired) electrons. The number of methoxy groups -OCH3 is 1. The Hall–Kier alpha value is -1.40. The number of carbonyl (C=O) groups is 1. The van der Waals surface area contributed by atoms with Crippen molar-refractivity contribution in [1.29, 1.82) is 0 Å². The molecule has 0 aromatic carbocycles. The molecule has 100 valence electrons. The molecule has 1 heterocycles. The summed E-state index contributed by atoms with van der Waals surface area (Å²) in [6.45, 7) is 0.404. The molecule has 18 heavy (non-hydrogen) atoms. The van der Waals surface area contributed by atoms with Gasteiger partial charge in [-0.1, -0.05) is 11.6 Å². The van der Waals surface area contributed by atoms with E-state index in [0.29, 0.717) is 12.4 Å². The molecule has 0 spiro atoms. The van der Waals surface area contributed by atoms with Crippen LogP contribution >= 0.6 is 0 Å². The van der Waals surface area contributed by atoms with Crippen molar-refractivity contribution in [1.82, 2.24) is 10.5 Å². The van der Waals surface area contributed by atoms with E-state index in [1.165, 1.54) is 0 Å². The highest BCUT2D eigenvalue weighted by atomic mass is 16.5. The lowest BCUT2D eigenvalue weighted by Gasteiger charge is -2.17. The van der Waals surface area contributed by atoms with Crippen molar-refractivity contribution in [3.63, 3.8) is 0 Å². The number of aliphatic hydroxyl groups is 1. The van der Waals surface area contributed by atoms with Gasteiger partial charge in [-0.2, -0.15) is 0 Å². The van der Waals surface area contributed by atoms with Crippen LogP contribution in [0.3, 0.4) is 0 Å². The smallest absolute Gasteiger partial charge is 0.273 e. The Kier molecular flexibility index (Phi) is 4.33. The summed E-state index contributed by atoms with van der Waals surface area (Å²) in [7, 11) is 1.55. The average molecular weight is 254 g/mol. The van der Waals surface area contributed by atoms with Gasteiger partial charge in [0, 0.05) is 31.7 Å². The first kappa shape index (κ1) is 13.0. The van der Waals surface area contributed by atoms with Crippen LogP contribution in [0.4, 0.5) is 0 Å². The quantitative estimate of drug-likeness (QED) is 0.808. The molecule has 1 aliphatic carbocycles. The van der Waals surface area contributed by atoms with Crippen LogP contribution in [0, 0.1) is 5.92 Å². The zero-order chi connectivity index (χ0) is 13.0. The second-order valence-electron chi connectivity index (χ2n) is 4.56. The molecule has 0 aliphatic heterocycles. The highest BCUT2D eigenvalue weighted by molar-refractivity contribution is 5.92. The summed E-state index contributed by atoms with van der Waals surface area (Å²) in [5, 5.41) is 15.8. The van der Waals surface area contributed by atoms with Crippen molar-refractivity contribution in [3.05, 3.63) is 17.5 Å². The van der Waals surface area contributed by atoms with Gasteiger partial charge in [0.2, 0.25) is 0 Å². The Morgan fingerprint density at radius 1 is 1.67 bits per heavy atom. The van der Waals surface area contributed by atoms with Crippen molar-refractivity contribution >= 4 is 5.91 Å². The first-order valence-corrected chi connectivity index (χ1v) is 6.11. The normalized spacial score (nSPS) is 23.2. The van der Waals surface area contributed by atoms with Gasteiger partial charge >= 0.3 is 0 Å². The number of hydrogen-bond donors (Lipinski definition) is 2. The second-order valence-corrected chi connectivity index (χ2v) is 4.56. The third-order valence-corrected chi connectivity index (χ3v) is 3.29. The van der Waals surface area contributed by atoms with Crippen molar-refractivity contribution in [2.45, 2.75) is 31.9 Å². The van der Waals surface area contributed by atoms with Crippen LogP contribution < -0.4 is 5.32 Å². The molecule has 1 amide bonds. The van der Waals surface area contributed by atoms with Gasteiger partial charge in [-0.25, -0.2) is 0 Å². The Morgan fingerprint density at radius 2 is 2.50 bits per heavy atom. The molecule has 1 aromatic heterocycles. The van der Waals surface area contributed by atoms with Crippen LogP contribution in [-0.4, -0.2) is 35.9 Å². The molecule has 2 rings (SSSR count). The van der Waals surface area contributed by atoms with E-state index in [2.05, 4.69) is 10.5 Å². The largest absolute Gasteiger partial charge is 0.396 e. The number of aliphatic hydroxyl groups excluding tert-OH is 1. The summed E-state index contributed by atoms with van der Waals surface area (Å²) in [6.07, 6.45) is 2.89. The summed E-state index contributed by atoms with van der Waals surface area (Å²) >= 11 is 0. The van der Waals surface area contributed by atoms with E-state index in [-0.39, 0.29) is 30.2 Å². The summed E-state index contributed by atoms with van der Waals surface area (Å²) in [5.41, 5.74) is 0.255. The number of nitrogens with one attached hydrogen (secondary N) is 1. The third-order valence-electron chi connectivity index (χ3n) is 3.29. The van der Waals surface area contributed by atoms with Crippen LogP contribution in [0.2, 0.25) is 0 Å². The predicted octanol–water partition coefficient (Wildman–Crippen LogP) is 0.712. The lowest BCUT2D eigenvalue weighted by molar-refractivity contribution is 0.0906. The van der Waals surface area contributed by atoms with E-state index in [1.54, 1.807) is 13.2 Å². The third kappa shape index (κ3) is 2.88. The number of rotatable bonds is 5. The SMILES string of the molecule is COCc1cc(C(=O)NC2CCCC2CO)no1. The molecule has 1 saturated carbocycles. The van der Waals surface area contributed by atoms with Crippen LogP contribution in [0.5, 0.6) is 0 Å². The fourth-order valence-corrected chi connectivity index (χ4v) is 2.32. The number of hydrogen-bond acceptors (Lipinski definition) is 5. The number of nitrogens with zero attached hydrogens (tertiary/aromatic N) is 1. The summed E-state index contributed by atoms with van der Waals surface area (Å²) in [5.74, 6) is 0.415. The lowest BCUT2D eigenvalue weighted by atomic mass is 10.1. The maximum atomic E-state index is 11.9. The highest BCUT2D eigenvalue weighted by Gasteiger charge is 2.28. The van der Waals surface area contributed by atoms with E-state index >= 15 is 0 Å². The molecule has 6 nitrogen and oxygen atoms in total. The van der Waals surface area contributed by atoms with Crippen LogP contribution in [0.25, 0.3) is 0 Å². The topological polar surface area (TPSA) is 84.6 Å². The van der Waals surface area contributed by atoms with E-state index in [9.17, 15) is 9.90 Å². The van der Waals surface area contributed by atoms with Crippen LogP contribution in [-0.2, 0) is 11.3 Å². The molecule has 1 fully saturated rings. The van der Waals surface area contributed by atoms with E-state index in [1.807, 2.05) is 0 Å². The Balaban J connectivity index is 1.94. The lowest BCUT2D eigenvalue weighted by Crippen LogP contribution is -2.38. The van der Waals surface area contributed by atoms with Gasteiger partial charge in [-0.05, 0) is 12.8 Å². The first-order valence-electron chi connectivity index (χ1n) is 6.11. The minimum Gasteiger partial charge on any atom is -0.396 e. The maximum Gasteiger partial charge on any atom is 0.273 e. The van der Waals surface area contributed by atoms with Gasteiger partial charge in [0.05, 0.1) is 0 Å².